The van der Waals surface area contributed by atoms with E-state index in [0.717, 1.165) is 0 Å². The summed E-state index contributed by atoms with van der Waals surface area (Å²) in [5, 5.41) is 3.47. The van der Waals surface area contributed by atoms with Crippen molar-refractivity contribution in [1.82, 2.24) is 16.2 Å². The summed E-state index contributed by atoms with van der Waals surface area (Å²) >= 11 is 22.6. The van der Waals surface area contributed by atoms with Crippen molar-refractivity contribution in [3.8, 4) is 5.75 Å². The summed E-state index contributed by atoms with van der Waals surface area (Å²) in [6.07, 6.45) is -0.886. The number of hydrogen-bond acceptors (Lipinski definition) is 4. The predicted octanol–water partition coefficient (Wildman–Crippen LogP) is 3.75. The molecule has 2 rings (SSSR count). The molecular formula is C17H14Cl3N3O3S. The van der Waals surface area contributed by atoms with Gasteiger partial charge in [0.2, 0.25) is 0 Å². The van der Waals surface area contributed by atoms with Crippen LogP contribution < -0.4 is 20.9 Å². The standard InChI is InChI=1S/C17H14Cl3N3O3S/c1-9(26-14-6-5-12(19)8-13(14)20)15(24)22-23-17(27)21-16(25)10-3-2-4-11(18)7-10/h2-9H,1H3,(H,22,24)(H2,21,23,25,27). The van der Waals surface area contributed by atoms with Crippen LogP contribution in [0.4, 0.5) is 0 Å². The van der Waals surface area contributed by atoms with Gasteiger partial charge in [0.25, 0.3) is 11.8 Å². The summed E-state index contributed by atoms with van der Waals surface area (Å²) in [4.78, 5) is 24.1. The Kier molecular flexibility index (Phi) is 7.67. The highest BCUT2D eigenvalue weighted by atomic mass is 35.5. The third-order valence-corrected chi connectivity index (χ3v) is 4.15. The van der Waals surface area contributed by atoms with Gasteiger partial charge in [-0.15, -0.1) is 0 Å². The number of benzene rings is 2. The first-order chi connectivity index (χ1) is 12.8. The minimum absolute atomic E-state index is 0.0925. The van der Waals surface area contributed by atoms with Crippen LogP contribution in [-0.2, 0) is 4.79 Å². The van der Waals surface area contributed by atoms with Crippen molar-refractivity contribution in [3.63, 3.8) is 0 Å². The van der Waals surface area contributed by atoms with Crippen molar-refractivity contribution in [2.24, 2.45) is 0 Å². The molecule has 0 aromatic heterocycles. The van der Waals surface area contributed by atoms with Gasteiger partial charge in [-0.25, -0.2) is 0 Å². The van der Waals surface area contributed by atoms with Crippen LogP contribution in [0.5, 0.6) is 5.75 Å². The number of thiocarbonyl (C=S) groups is 1. The van der Waals surface area contributed by atoms with Crippen LogP contribution >= 0.6 is 47.0 Å². The molecule has 0 aliphatic heterocycles. The van der Waals surface area contributed by atoms with Gasteiger partial charge in [0, 0.05) is 15.6 Å². The largest absolute Gasteiger partial charge is 0.479 e. The molecule has 0 fully saturated rings. The van der Waals surface area contributed by atoms with Gasteiger partial charge in [0.1, 0.15) is 5.75 Å². The minimum Gasteiger partial charge on any atom is -0.479 e. The first-order valence-corrected chi connectivity index (χ1v) is 9.09. The zero-order chi connectivity index (χ0) is 20.0. The molecule has 0 bridgehead atoms. The zero-order valence-electron chi connectivity index (χ0n) is 13.9. The SMILES string of the molecule is CC(Oc1ccc(Cl)cc1Cl)C(=O)NNC(=S)NC(=O)c1cccc(Cl)c1. The Morgan fingerprint density at radius 1 is 1.04 bits per heavy atom. The van der Waals surface area contributed by atoms with E-state index in [0.29, 0.717) is 21.4 Å². The molecule has 3 N–H and O–H groups in total. The van der Waals surface area contributed by atoms with Gasteiger partial charge >= 0.3 is 0 Å². The molecule has 0 saturated heterocycles. The summed E-state index contributed by atoms with van der Waals surface area (Å²) in [5.41, 5.74) is 5.08. The molecular weight excluding hydrogens is 433 g/mol. The number of nitrogens with one attached hydrogen (secondary N) is 3. The average Bonchev–Trinajstić information content (AvgIpc) is 2.61. The molecule has 10 heteroatoms. The maximum atomic E-state index is 12.1. The second-order valence-electron chi connectivity index (χ2n) is 5.24. The molecule has 2 amide bonds. The maximum Gasteiger partial charge on any atom is 0.279 e. The van der Waals surface area contributed by atoms with Gasteiger partial charge in [-0.3, -0.25) is 25.8 Å². The first-order valence-electron chi connectivity index (χ1n) is 7.54. The third kappa shape index (κ3) is 6.55. The van der Waals surface area contributed by atoms with Crippen molar-refractivity contribution in [2.45, 2.75) is 13.0 Å². The smallest absolute Gasteiger partial charge is 0.279 e. The quantitative estimate of drug-likeness (QED) is 0.492. The average molecular weight is 447 g/mol. The lowest BCUT2D eigenvalue weighted by Gasteiger charge is -2.17. The number of amides is 2. The molecule has 1 unspecified atom stereocenters. The maximum absolute atomic E-state index is 12.1. The van der Waals surface area contributed by atoms with Crippen LogP contribution in [0.15, 0.2) is 42.5 Å². The Labute approximate surface area is 176 Å². The molecule has 142 valence electrons. The molecule has 0 spiro atoms. The van der Waals surface area contributed by atoms with Crippen molar-refractivity contribution in [2.75, 3.05) is 0 Å². The predicted molar refractivity (Wildman–Crippen MR) is 109 cm³/mol. The lowest BCUT2D eigenvalue weighted by molar-refractivity contribution is -0.127. The molecule has 6 nitrogen and oxygen atoms in total. The summed E-state index contributed by atoms with van der Waals surface area (Å²) in [7, 11) is 0. The van der Waals surface area contributed by atoms with E-state index < -0.39 is 17.9 Å². The van der Waals surface area contributed by atoms with E-state index in [9.17, 15) is 9.59 Å². The first kappa shape index (κ1) is 21.2. The molecule has 1 atom stereocenters. The summed E-state index contributed by atoms with van der Waals surface area (Å²) in [6.45, 7) is 1.52. The van der Waals surface area contributed by atoms with Crippen LogP contribution in [0, 0.1) is 0 Å². The molecule has 0 radical (unpaired) electrons. The van der Waals surface area contributed by atoms with Crippen LogP contribution in [0.3, 0.4) is 0 Å². The minimum atomic E-state index is -0.886. The Morgan fingerprint density at radius 3 is 2.41 bits per heavy atom. The number of carbonyl (C=O) groups excluding carboxylic acids is 2. The van der Waals surface area contributed by atoms with Crippen molar-refractivity contribution in [1.29, 1.82) is 0 Å². The van der Waals surface area contributed by atoms with Gasteiger partial charge in [-0.05, 0) is 55.5 Å². The molecule has 0 saturated carbocycles. The topological polar surface area (TPSA) is 79.5 Å². The lowest BCUT2D eigenvalue weighted by atomic mass is 10.2. The Bertz CT molecular complexity index is 879. The Balaban J connectivity index is 1.83. The monoisotopic (exact) mass is 445 g/mol. The normalized spacial score (nSPS) is 11.3. The number of carbonyl (C=O) groups is 2. The van der Waals surface area contributed by atoms with Crippen molar-refractivity contribution >= 4 is 63.9 Å². The van der Waals surface area contributed by atoms with Crippen LogP contribution in [0.25, 0.3) is 0 Å². The van der Waals surface area contributed by atoms with E-state index in [1.807, 2.05) is 0 Å². The van der Waals surface area contributed by atoms with Crippen molar-refractivity contribution in [3.05, 3.63) is 63.1 Å². The number of hydrazine groups is 1. The van der Waals surface area contributed by atoms with Crippen molar-refractivity contribution < 1.29 is 14.3 Å². The van der Waals surface area contributed by atoms with Gasteiger partial charge < -0.3 is 4.74 Å². The van der Waals surface area contributed by atoms with Gasteiger partial charge in [0.05, 0.1) is 5.02 Å². The fraction of sp³-hybridized carbons (Fsp3) is 0.118. The second-order valence-corrected chi connectivity index (χ2v) is 6.93. The molecule has 0 aliphatic rings. The van der Waals surface area contributed by atoms with E-state index in [1.54, 1.807) is 30.3 Å². The van der Waals surface area contributed by atoms with E-state index in [2.05, 4.69) is 16.2 Å². The molecule has 0 aliphatic carbocycles. The number of rotatable bonds is 4. The number of halogens is 3. The Morgan fingerprint density at radius 2 is 1.74 bits per heavy atom. The summed E-state index contributed by atoms with van der Waals surface area (Å²) in [6, 6.07) is 11.0. The van der Waals surface area contributed by atoms with Crippen LogP contribution in [0.1, 0.15) is 17.3 Å². The van der Waals surface area contributed by atoms with Gasteiger partial charge in [-0.2, -0.15) is 0 Å². The van der Waals surface area contributed by atoms with E-state index in [4.69, 9.17) is 51.8 Å². The molecule has 27 heavy (non-hydrogen) atoms. The summed E-state index contributed by atoms with van der Waals surface area (Å²) in [5.74, 6) is -0.692. The van der Waals surface area contributed by atoms with Crippen LogP contribution in [0.2, 0.25) is 15.1 Å². The van der Waals surface area contributed by atoms with Crippen LogP contribution in [-0.4, -0.2) is 23.0 Å². The number of hydrogen-bond donors (Lipinski definition) is 3. The molecule has 2 aromatic carbocycles. The third-order valence-electron chi connectivity index (χ3n) is 3.18. The molecule has 2 aromatic rings. The Hall–Kier alpha value is -2.06. The molecule has 0 heterocycles. The fourth-order valence-corrected chi connectivity index (χ4v) is 2.66. The van der Waals surface area contributed by atoms with E-state index in [1.165, 1.54) is 19.1 Å². The second kappa shape index (κ2) is 9.75. The zero-order valence-corrected chi connectivity index (χ0v) is 17.0. The highest BCUT2D eigenvalue weighted by Gasteiger charge is 2.17. The number of ether oxygens (including phenoxy) is 1. The summed E-state index contributed by atoms with van der Waals surface area (Å²) < 4.78 is 5.47. The highest BCUT2D eigenvalue weighted by molar-refractivity contribution is 7.80. The van der Waals surface area contributed by atoms with Gasteiger partial charge in [0.15, 0.2) is 11.2 Å². The fourth-order valence-electron chi connectivity index (χ4n) is 1.87. The van der Waals surface area contributed by atoms with E-state index >= 15 is 0 Å². The highest BCUT2D eigenvalue weighted by Crippen LogP contribution is 2.28. The van der Waals surface area contributed by atoms with Gasteiger partial charge in [-0.1, -0.05) is 40.9 Å². The lowest BCUT2D eigenvalue weighted by Crippen LogP contribution is -2.51. The van der Waals surface area contributed by atoms with E-state index in [-0.39, 0.29) is 10.1 Å².